The molecule has 0 saturated carbocycles. The van der Waals surface area contributed by atoms with Crippen LogP contribution in [0.1, 0.15) is 18.4 Å². The number of benzene rings is 1. The molecule has 1 aliphatic heterocycles. The number of nitrogens with one attached hydrogen (secondary N) is 1. The highest BCUT2D eigenvalue weighted by Gasteiger charge is 2.19. The number of fused-ring (bicyclic) bond motifs is 1. The summed E-state index contributed by atoms with van der Waals surface area (Å²) in [7, 11) is 3.68. The van der Waals surface area contributed by atoms with Crippen molar-refractivity contribution in [1.29, 1.82) is 0 Å². The molecule has 0 amide bonds. The summed E-state index contributed by atoms with van der Waals surface area (Å²) in [5.41, 5.74) is 5.22. The molecule has 2 aromatic heterocycles. The Morgan fingerprint density at radius 3 is 2.70 bits per heavy atom. The third kappa shape index (κ3) is 3.49. The van der Waals surface area contributed by atoms with Crippen LogP contribution >= 0.6 is 11.6 Å². The minimum absolute atomic E-state index is 0.600. The molecule has 1 aliphatic rings. The van der Waals surface area contributed by atoms with Crippen LogP contribution in [0.2, 0.25) is 5.02 Å². The summed E-state index contributed by atoms with van der Waals surface area (Å²) in [4.78, 5) is 7.29. The third-order valence-electron chi connectivity index (χ3n) is 5.49. The van der Waals surface area contributed by atoms with E-state index in [1.165, 1.54) is 18.5 Å². The molecule has 0 radical (unpaired) electrons. The highest BCUT2D eigenvalue weighted by Crippen LogP contribution is 2.33. The van der Waals surface area contributed by atoms with Crippen molar-refractivity contribution in [3.8, 4) is 17.0 Å². The highest BCUT2D eigenvalue weighted by atomic mass is 35.5. The van der Waals surface area contributed by atoms with Gasteiger partial charge in [0.1, 0.15) is 11.4 Å². The van der Waals surface area contributed by atoms with Crippen LogP contribution in [-0.4, -0.2) is 42.7 Å². The molecule has 4 rings (SSSR count). The third-order valence-corrected chi connectivity index (χ3v) is 5.78. The van der Waals surface area contributed by atoms with E-state index in [1.807, 2.05) is 19.2 Å². The van der Waals surface area contributed by atoms with Crippen LogP contribution < -0.4 is 15.0 Å². The molecule has 6 heteroatoms. The summed E-state index contributed by atoms with van der Waals surface area (Å²) in [5.74, 6) is 0.689. The number of piperidine rings is 1. The predicted octanol–water partition coefficient (Wildman–Crippen LogP) is 4.16. The quantitative estimate of drug-likeness (QED) is 0.733. The van der Waals surface area contributed by atoms with Crippen LogP contribution in [-0.2, 0) is 0 Å². The number of ether oxygens (including phenoxy) is 1. The van der Waals surface area contributed by atoms with E-state index in [0.29, 0.717) is 16.8 Å². The Morgan fingerprint density at radius 1 is 1.22 bits per heavy atom. The molecule has 1 saturated heterocycles. The summed E-state index contributed by atoms with van der Waals surface area (Å²) in [6.07, 6.45) is 6.49. The molecule has 27 heavy (non-hydrogen) atoms. The van der Waals surface area contributed by atoms with E-state index in [4.69, 9.17) is 21.3 Å². The van der Waals surface area contributed by atoms with E-state index < -0.39 is 0 Å². The zero-order valence-electron chi connectivity index (χ0n) is 16.0. The number of halogens is 1. The number of imidazole rings is 1. The Balaban J connectivity index is 1.65. The summed E-state index contributed by atoms with van der Waals surface area (Å²) in [6, 6.07) is 8.86. The number of aromatic nitrogens is 2. The molecule has 142 valence electrons. The maximum atomic E-state index is 6.33. The second-order valence-electron chi connectivity index (χ2n) is 7.13. The van der Waals surface area contributed by atoms with Crippen LogP contribution in [0.3, 0.4) is 0 Å². The molecule has 1 fully saturated rings. The van der Waals surface area contributed by atoms with Crippen molar-refractivity contribution in [3.63, 3.8) is 0 Å². The molecule has 0 aliphatic carbocycles. The van der Waals surface area contributed by atoms with Crippen LogP contribution in [0.25, 0.3) is 16.9 Å². The normalized spacial score (nSPS) is 15.5. The van der Waals surface area contributed by atoms with Gasteiger partial charge in [0.25, 0.3) is 0 Å². The highest BCUT2D eigenvalue weighted by molar-refractivity contribution is 6.32. The van der Waals surface area contributed by atoms with Crippen molar-refractivity contribution >= 4 is 22.9 Å². The summed E-state index contributed by atoms with van der Waals surface area (Å²) in [5, 5.41) is 3.98. The zero-order chi connectivity index (χ0) is 19.0. The van der Waals surface area contributed by atoms with Gasteiger partial charge in [-0.25, -0.2) is 4.98 Å². The Morgan fingerprint density at radius 2 is 2.00 bits per heavy atom. The van der Waals surface area contributed by atoms with E-state index in [0.717, 1.165) is 35.6 Å². The van der Waals surface area contributed by atoms with Crippen molar-refractivity contribution in [2.75, 3.05) is 32.1 Å². The van der Waals surface area contributed by atoms with Gasteiger partial charge in [-0.15, -0.1) is 0 Å². The number of rotatable bonds is 4. The minimum atomic E-state index is 0.600. The molecular weight excluding hydrogens is 360 g/mol. The lowest BCUT2D eigenvalue weighted by Crippen LogP contribution is -2.41. The molecule has 5 nitrogen and oxygen atoms in total. The topological polar surface area (TPSA) is 41.8 Å². The average molecular weight is 385 g/mol. The molecule has 3 heterocycles. The maximum Gasteiger partial charge on any atom is 0.139 e. The first-order valence-corrected chi connectivity index (χ1v) is 9.72. The van der Waals surface area contributed by atoms with E-state index in [-0.39, 0.29) is 0 Å². The standard InChI is InChI=1S/C21H25ClN4O/c1-14-10-20(27-3)18(22)12-17(14)19-13-26-9-6-16(11-21(26)24-19)25-7-4-15(23-2)5-8-25/h6,9-13,15,23H,4-5,7-8H2,1-3H3. The molecular formula is C21H25ClN4O. The zero-order valence-corrected chi connectivity index (χ0v) is 16.8. The monoisotopic (exact) mass is 384 g/mol. The number of pyridine rings is 1. The number of nitrogens with zero attached hydrogens (tertiary/aromatic N) is 3. The van der Waals surface area contributed by atoms with E-state index >= 15 is 0 Å². The van der Waals surface area contributed by atoms with Crippen molar-refractivity contribution in [2.24, 2.45) is 0 Å². The second-order valence-corrected chi connectivity index (χ2v) is 7.54. The average Bonchev–Trinajstić information content (AvgIpc) is 3.12. The summed E-state index contributed by atoms with van der Waals surface area (Å²) < 4.78 is 7.37. The van der Waals surface area contributed by atoms with Crippen LogP contribution in [0, 0.1) is 6.92 Å². The number of anilines is 1. The molecule has 1 N–H and O–H groups in total. The minimum Gasteiger partial charge on any atom is -0.495 e. The van der Waals surface area contributed by atoms with Crippen LogP contribution in [0.4, 0.5) is 5.69 Å². The molecule has 1 aromatic carbocycles. The second kappa shape index (κ2) is 7.41. The predicted molar refractivity (Wildman–Crippen MR) is 111 cm³/mol. The van der Waals surface area contributed by atoms with E-state index in [9.17, 15) is 0 Å². The van der Waals surface area contributed by atoms with Gasteiger partial charge in [-0.05, 0) is 50.6 Å². The number of hydrogen-bond donors (Lipinski definition) is 1. The van der Waals surface area contributed by atoms with Crippen molar-refractivity contribution in [1.82, 2.24) is 14.7 Å². The van der Waals surface area contributed by atoms with Gasteiger partial charge in [-0.2, -0.15) is 0 Å². The molecule has 0 spiro atoms. The van der Waals surface area contributed by atoms with Crippen LogP contribution in [0.5, 0.6) is 5.75 Å². The van der Waals surface area contributed by atoms with Crippen molar-refractivity contribution in [2.45, 2.75) is 25.8 Å². The van der Waals surface area contributed by atoms with Gasteiger partial charge in [-0.1, -0.05) is 11.6 Å². The lowest BCUT2D eigenvalue weighted by atomic mass is 10.0. The van der Waals surface area contributed by atoms with Crippen molar-refractivity contribution < 1.29 is 4.74 Å². The summed E-state index contributed by atoms with van der Waals surface area (Å²) >= 11 is 6.33. The molecule has 3 aromatic rings. The Bertz CT molecular complexity index is 960. The first-order valence-electron chi connectivity index (χ1n) is 9.34. The first kappa shape index (κ1) is 18.1. The SMILES string of the molecule is CNC1CCN(c2ccn3cc(-c4cc(Cl)c(OC)cc4C)nc3c2)CC1. The fraction of sp³-hybridized carbons (Fsp3) is 0.381. The summed E-state index contributed by atoms with van der Waals surface area (Å²) in [6.45, 7) is 4.19. The van der Waals surface area contributed by atoms with E-state index in [1.54, 1.807) is 7.11 Å². The lowest BCUT2D eigenvalue weighted by Gasteiger charge is -2.33. The fourth-order valence-corrected chi connectivity index (χ4v) is 4.05. The number of methoxy groups -OCH3 is 1. The number of aryl methyl sites for hydroxylation is 1. The number of hydrogen-bond acceptors (Lipinski definition) is 4. The van der Waals surface area contributed by atoms with Gasteiger partial charge in [0.05, 0.1) is 17.8 Å². The van der Waals surface area contributed by atoms with Gasteiger partial charge >= 0.3 is 0 Å². The Kier molecular flexibility index (Phi) is 4.98. The molecule has 0 atom stereocenters. The van der Waals surface area contributed by atoms with E-state index in [2.05, 4.69) is 46.1 Å². The van der Waals surface area contributed by atoms with Gasteiger partial charge in [-0.3, -0.25) is 0 Å². The van der Waals surface area contributed by atoms with Crippen molar-refractivity contribution in [3.05, 3.63) is 47.2 Å². The lowest BCUT2D eigenvalue weighted by molar-refractivity contribution is 0.415. The first-order chi connectivity index (χ1) is 13.1. The smallest absolute Gasteiger partial charge is 0.139 e. The molecule has 0 bridgehead atoms. The van der Waals surface area contributed by atoms with Gasteiger partial charge in [0.15, 0.2) is 0 Å². The van der Waals surface area contributed by atoms with Gasteiger partial charge in [0.2, 0.25) is 0 Å². The van der Waals surface area contributed by atoms with Gasteiger partial charge < -0.3 is 19.4 Å². The maximum absolute atomic E-state index is 6.33. The molecule has 0 unspecified atom stereocenters. The fourth-order valence-electron chi connectivity index (χ4n) is 3.81. The Hall–Kier alpha value is -2.24. The largest absolute Gasteiger partial charge is 0.495 e. The van der Waals surface area contributed by atoms with Crippen LogP contribution in [0.15, 0.2) is 36.7 Å². The Labute approximate surface area is 164 Å². The van der Waals surface area contributed by atoms with Gasteiger partial charge in [0, 0.05) is 48.8 Å².